The molecule has 1 aromatic heterocycles. The van der Waals surface area contributed by atoms with Crippen LogP contribution in [0.4, 0.5) is 5.69 Å². The van der Waals surface area contributed by atoms with Gasteiger partial charge in [-0.25, -0.2) is 4.79 Å². The van der Waals surface area contributed by atoms with Gasteiger partial charge in [0, 0.05) is 43.5 Å². The van der Waals surface area contributed by atoms with Gasteiger partial charge in [0.1, 0.15) is 11.8 Å². The molecule has 9 nitrogen and oxygen atoms in total. The zero-order valence-corrected chi connectivity index (χ0v) is 18.5. The van der Waals surface area contributed by atoms with Crippen LogP contribution >= 0.6 is 0 Å². The Morgan fingerprint density at radius 1 is 1.06 bits per heavy atom. The number of aromatic nitrogens is 1. The van der Waals surface area contributed by atoms with E-state index in [-0.39, 0.29) is 36.6 Å². The Bertz CT molecular complexity index is 1020. The number of hydrogen-bond acceptors (Lipinski definition) is 7. The lowest BCUT2D eigenvalue weighted by Crippen LogP contribution is -2.51. The maximum Gasteiger partial charge on any atom is 0.354 e. The van der Waals surface area contributed by atoms with Gasteiger partial charge in [0.05, 0.1) is 12.3 Å². The predicted molar refractivity (Wildman–Crippen MR) is 123 cm³/mol. The van der Waals surface area contributed by atoms with Crippen molar-refractivity contribution in [1.29, 1.82) is 0 Å². The molecule has 9 heteroatoms. The highest BCUT2D eigenvalue weighted by atomic mass is 16.5. The second kappa shape index (κ2) is 10.2. The molecule has 0 bridgehead atoms. The number of likely N-dealkylation sites (tertiary alicyclic amines) is 1. The molecule has 1 N–H and O–H groups in total. The normalized spacial score (nSPS) is 18.6. The molecule has 2 aliphatic heterocycles. The number of para-hydroxylation sites is 1. The lowest BCUT2D eigenvalue weighted by Gasteiger charge is -2.33. The molecule has 172 valence electrons. The number of piperidine rings is 1. The van der Waals surface area contributed by atoms with E-state index in [0.717, 1.165) is 5.69 Å². The van der Waals surface area contributed by atoms with Crippen molar-refractivity contribution in [3.63, 3.8) is 0 Å². The molecule has 0 aliphatic carbocycles. The number of hydrazone groups is 1. The molecule has 1 saturated heterocycles. The molecule has 0 spiro atoms. The SMILES string of the molecule is CCOC(=O)C1=NN(c2ccccc2)C(C(=O)NC2CCN(C(=O)c3ccncc3)CC2)C1. The monoisotopic (exact) mass is 449 g/mol. The third-order valence-electron chi connectivity index (χ3n) is 5.80. The second-order valence-electron chi connectivity index (χ2n) is 7.98. The van der Waals surface area contributed by atoms with Crippen LogP contribution in [-0.2, 0) is 14.3 Å². The van der Waals surface area contributed by atoms with E-state index < -0.39 is 12.0 Å². The molecule has 4 rings (SSSR count). The number of rotatable bonds is 6. The van der Waals surface area contributed by atoms with Gasteiger partial charge >= 0.3 is 5.97 Å². The summed E-state index contributed by atoms with van der Waals surface area (Å²) in [5.41, 5.74) is 1.58. The zero-order chi connectivity index (χ0) is 23.2. The Morgan fingerprint density at radius 3 is 2.42 bits per heavy atom. The molecule has 1 unspecified atom stereocenters. The molecule has 1 atom stereocenters. The van der Waals surface area contributed by atoms with E-state index in [1.54, 1.807) is 41.4 Å². The highest BCUT2D eigenvalue weighted by Gasteiger charge is 2.38. The number of benzene rings is 1. The summed E-state index contributed by atoms with van der Waals surface area (Å²) < 4.78 is 5.09. The molecule has 1 aromatic carbocycles. The smallest absolute Gasteiger partial charge is 0.354 e. The van der Waals surface area contributed by atoms with Gasteiger partial charge < -0.3 is 15.0 Å². The Kier molecular flexibility index (Phi) is 6.97. The first-order chi connectivity index (χ1) is 16.1. The van der Waals surface area contributed by atoms with E-state index in [4.69, 9.17) is 4.74 Å². The number of nitrogens with one attached hydrogen (secondary N) is 1. The van der Waals surface area contributed by atoms with E-state index in [2.05, 4.69) is 15.4 Å². The molecule has 3 heterocycles. The predicted octanol–water partition coefficient (Wildman–Crippen LogP) is 2.00. The highest BCUT2D eigenvalue weighted by Crippen LogP contribution is 2.25. The average molecular weight is 450 g/mol. The van der Waals surface area contributed by atoms with Crippen LogP contribution in [0, 0.1) is 0 Å². The van der Waals surface area contributed by atoms with E-state index in [1.807, 2.05) is 30.3 Å². The maximum absolute atomic E-state index is 13.2. The second-order valence-corrected chi connectivity index (χ2v) is 7.98. The molecule has 0 radical (unpaired) electrons. The van der Waals surface area contributed by atoms with E-state index in [1.165, 1.54) is 0 Å². The lowest BCUT2D eigenvalue weighted by atomic mass is 10.0. The van der Waals surface area contributed by atoms with E-state index >= 15 is 0 Å². The molecular formula is C24H27N5O4. The van der Waals surface area contributed by atoms with Gasteiger partial charge in [-0.3, -0.25) is 19.6 Å². The third kappa shape index (κ3) is 5.19. The number of pyridine rings is 1. The van der Waals surface area contributed by atoms with Crippen molar-refractivity contribution in [2.75, 3.05) is 24.7 Å². The summed E-state index contributed by atoms with van der Waals surface area (Å²) >= 11 is 0. The van der Waals surface area contributed by atoms with Crippen LogP contribution in [0.5, 0.6) is 0 Å². The van der Waals surface area contributed by atoms with Crippen LogP contribution in [0.3, 0.4) is 0 Å². The minimum Gasteiger partial charge on any atom is -0.461 e. The molecular weight excluding hydrogens is 422 g/mol. The first kappa shape index (κ1) is 22.4. The quantitative estimate of drug-likeness (QED) is 0.677. The van der Waals surface area contributed by atoms with Crippen LogP contribution in [0.15, 0.2) is 60.0 Å². The maximum atomic E-state index is 13.2. The lowest BCUT2D eigenvalue weighted by molar-refractivity contribution is -0.135. The van der Waals surface area contributed by atoms with Crippen LogP contribution in [0.25, 0.3) is 0 Å². The van der Waals surface area contributed by atoms with Gasteiger partial charge in [-0.15, -0.1) is 0 Å². The summed E-state index contributed by atoms with van der Waals surface area (Å²) in [7, 11) is 0. The van der Waals surface area contributed by atoms with Crippen LogP contribution < -0.4 is 10.3 Å². The topological polar surface area (TPSA) is 104 Å². The summed E-state index contributed by atoms with van der Waals surface area (Å²) in [6, 6.07) is 12.0. The minimum atomic E-state index is -0.636. The summed E-state index contributed by atoms with van der Waals surface area (Å²) in [5.74, 6) is -0.724. The number of ether oxygens (including phenoxy) is 1. The number of carbonyl (C=O) groups is 3. The fourth-order valence-electron chi connectivity index (χ4n) is 4.07. The van der Waals surface area contributed by atoms with Crippen molar-refractivity contribution in [3.05, 3.63) is 60.4 Å². The minimum absolute atomic E-state index is 0.0271. The van der Waals surface area contributed by atoms with Crippen molar-refractivity contribution in [1.82, 2.24) is 15.2 Å². The van der Waals surface area contributed by atoms with Gasteiger partial charge in [-0.1, -0.05) is 18.2 Å². The molecule has 0 saturated carbocycles. The standard InChI is InChI=1S/C24H27N5O4/c1-2-33-24(32)20-16-21(29(27-20)19-6-4-3-5-7-19)22(30)26-18-10-14-28(15-11-18)23(31)17-8-12-25-13-9-17/h3-9,12-13,18,21H,2,10-11,14-16H2,1H3,(H,26,30). The first-order valence-electron chi connectivity index (χ1n) is 11.2. The number of hydrogen-bond donors (Lipinski definition) is 1. The fraction of sp³-hybridized carbons (Fsp3) is 0.375. The van der Waals surface area contributed by atoms with Gasteiger partial charge in [0.25, 0.3) is 5.91 Å². The number of anilines is 1. The fourth-order valence-corrected chi connectivity index (χ4v) is 4.07. The van der Waals surface area contributed by atoms with E-state index in [9.17, 15) is 14.4 Å². The highest BCUT2D eigenvalue weighted by molar-refractivity contribution is 6.38. The summed E-state index contributed by atoms with van der Waals surface area (Å²) in [6.07, 6.45) is 4.71. The van der Waals surface area contributed by atoms with Crippen LogP contribution in [0.2, 0.25) is 0 Å². The first-order valence-corrected chi connectivity index (χ1v) is 11.2. The Hall–Kier alpha value is -3.75. The summed E-state index contributed by atoms with van der Waals surface area (Å²) in [6.45, 7) is 3.10. The average Bonchev–Trinajstić information content (AvgIpc) is 3.31. The van der Waals surface area contributed by atoms with Crippen molar-refractivity contribution in [2.45, 2.75) is 38.3 Å². The molecule has 33 heavy (non-hydrogen) atoms. The zero-order valence-electron chi connectivity index (χ0n) is 18.5. The largest absolute Gasteiger partial charge is 0.461 e. The number of carbonyl (C=O) groups excluding carboxylic acids is 3. The third-order valence-corrected chi connectivity index (χ3v) is 5.80. The van der Waals surface area contributed by atoms with Crippen LogP contribution in [0.1, 0.15) is 36.5 Å². The van der Waals surface area contributed by atoms with Crippen molar-refractivity contribution < 1.29 is 19.1 Å². The summed E-state index contributed by atoms with van der Waals surface area (Å²) in [4.78, 5) is 43.8. The van der Waals surface area contributed by atoms with Crippen molar-refractivity contribution in [2.24, 2.45) is 5.10 Å². The van der Waals surface area contributed by atoms with Gasteiger partial charge in [0.15, 0.2) is 0 Å². The Labute approximate surface area is 192 Å². The van der Waals surface area contributed by atoms with Crippen LogP contribution in [-0.4, -0.2) is 65.2 Å². The number of amides is 2. The van der Waals surface area contributed by atoms with E-state index in [0.29, 0.717) is 31.5 Å². The van der Waals surface area contributed by atoms with Gasteiger partial charge in [-0.05, 0) is 44.0 Å². The summed E-state index contributed by atoms with van der Waals surface area (Å²) in [5, 5.41) is 9.08. The molecule has 1 fully saturated rings. The number of esters is 1. The van der Waals surface area contributed by atoms with Gasteiger partial charge in [-0.2, -0.15) is 5.10 Å². The molecule has 2 amide bonds. The number of nitrogens with zero attached hydrogens (tertiary/aromatic N) is 4. The molecule has 2 aromatic rings. The van der Waals surface area contributed by atoms with Gasteiger partial charge in [0.2, 0.25) is 5.91 Å². The van der Waals surface area contributed by atoms with Crippen molar-refractivity contribution >= 4 is 29.2 Å². The Morgan fingerprint density at radius 2 is 1.76 bits per heavy atom. The molecule has 2 aliphatic rings. The Balaban J connectivity index is 1.38. The van der Waals surface area contributed by atoms with Crippen molar-refractivity contribution in [3.8, 4) is 0 Å².